The number of hydrogen-bond acceptors (Lipinski definition) is 39. The molecule has 3 aliphatic heterocycles. The van der Waals surface area contributed by atoms with Crippen LogP contribution in [0.2, 0.25) is 0 Å². The zero-order valence-electron chi connectivity index (χ0n) is 34.8. The summed E-state index contributed by atoms with van der Waals surface area (Å²) in [6.07, 6.45) is -5.62. The van der Waals surface area contributed by atoms with E-state index in [4.69, 9.17) is 25.5 Å². The van der Waals surface area contributed by atoms with Gasteiger partial charge in [0.15, 0.2) is 0 Å². The zero-order chi connectivity index (χ0) is 55.0. The summed E-state index contributed by atoms with van der Waals surface area (Å²) in [6.45, 7) is 0.464. The Morgan fingerprint density at radius 3 is 1.10 bits per heavy atom. The number of aliphatic hydroxyl groups excluding tert-OH is 3. The van der Waals surface area contributed by atoms with Gasteiger partial charge in [0.05, 0.1) is 73.7 Å². The molecule has 0 aromatic carbocycles. The van der Waals surface area contributed by atoms with Crippen molar-refractivity contribution in [2.75, 3.05) is 32.9 Å². The van der Waals surface area contributed by atoms with Crippen LogP contribution in [0.5, 0.6) is 0 Å². The molecule has 70 heavy (non-hydrogen) atoms. The van der Waals surface area contributed by atoms with Crippen molar-refractivity contribution in [3.63, 3.8) is 0 Å². The molecule has 6 N–H and O–H groups in total. The molecule has 0 spiro atoms. The van der Waals surface area contributed by atoms with E-state index in [-0.39, 0.29) is 25.8 Å². The summed E-state index contributed by atoms with van der Waals surface area (Å²) in [4.78, 5) is 130. The summed E-state index contributed by atoms with van der Waals surface area (Å²) < 4.78 is 144. The maximum Gasteiger partial charge on any atom is 0.278 e. The van der Waals surface area contributed by atoms with Crippen LogP contribution in [0.15, 0.2) is 5.11 Å². The zero-order valence-corrected chi connectivity index (χ0v) is 42.9. The van der Waals surface area contributed by atoms with E-state index < -0.39 is 150 Å². The monoisotopic (exact) mass is 1200 g/mol. The quantitative estimate of drug-likeness (QED) is 0.0259. The van der Waals surface area contributed by atoms with Crippen molar-refractivity contribution in [2.45, 2.75) is 93.6 Å². The Hall–Kier alpha value is 0.220. The van der Waals surface area contributed by atoms with Gasteiger partial charge in [0, 0.05) is 30.7 Å². The smallest absolute Gasteiger partial charge is 0.278 e. The number of ether oxygens (including phenoxy) is 3. The van der Waals surface area contributed by atoms with Crippen molar-refractivity contribution in [1.82, 2.24) is 0 Å². The molecule has 15 atom stereocenters. The van der Waals surface area contributed by atoms with Gasteiger partial charge in [-0.05, 0) is 26.3 Å². The third-order valence-electron chi connectivity index (χ3n) is 7.99. The van der Waals surface area contributed by atoms with Gasteiger partial charge in [0.25, 0.3) is 46.9 Å². The minimum Gasteiger partial charge on any atom is -0.790 e. The van der Waals surface area contributed by atoms with E-state index in [1.165, 1.54) is 13.8 Å². The van der Waals surface area contributed by atoms with Crippen molar-refractivity contribution in [3.05, 3.63) is 10.4 Å². The molecule has 0 amide bonds. The van der Waals surface area contributed by atoms with Crippen LogP contribution in [0.25, 0.3) is 10.4 Å². The lowest BCUT2D eigenvalue weighted by Crippen LogP contribution is -2.50. The lowest BCUT2D eigenvalue weighted by Gasteiger charge is -2.38. The summed E-state index contributed by atoms with van der Waals surface area (Å²) in [5, 5.41) is 42.1. The summed E-state index contributed by atoms with van der Waals surface area (Å²) in [5.41, 5.74) is 10.3. The first kappa shape index (κ1) is 68.2. The highest BCUT2D eigenvalue weighted by Crippen LogP contribution is 2.63. The van der Waals surface area contributed by atoms with E-state index in [2.05, 4.69) is 49.5 Å². The molecule has 3 rings (SSSR count). The molecule has 41 nitrogen and oxygen atoms in total. The van der Waals surface area contributed by atoms with Crippen LogP contribution in [0, 0.1) is 0 Å². The lowest BCUT2D eigenvalue weighted by atomic mass is 9.98. The second kappa shape index (κ2) is 25.6. The van der Waals surface area contributed by atoms with Crippen LogP contribution in [-0.2, 0) is 94.7 Å². The Morgan fingerprint density at radius 1 is 0.529 bits per heavy atom. The third kappa shape index (κ3) is 25.4. The predicted molar refractivity (Wildman–Crippen MR) is 190 cm³/mol. The summed E-state index contributed by atoms with van der Waals surface area (Å²) in [5.74, 6) is -2.44. The van der Waals surface area contributed by atoms with Gasteiger partial charge in [-0.1, -0.05) is 5.11 Å². The topological polar surface area (TPSA) is 697 Å². The van der Waals surface area contributed by atoms with Crippen molar-refractivity contribution < 1.29 is 174 Å². The number of phosphoric acid groups is 9. The first-order valence-electron chi connectivity index (χ1n) is 17.7. The van der Waals surface area contributed by atoms with Crippen LogP contribution in [0.1, 0.15) is 40.0 Å². The predicted octanol–water partition coefficient (Wildman–Crippen LogP) is -8.65. The van der Waals surface area contributed by atoms with Gasteiger partial charge < -0.3 is 126 Å². The summed E-state index contributed by atoms with van der Waals surface area (Å²) in [6, 6.07) is 0. The van der Waals surface area contributed by atoms with Gasteiger partial charge in [0.2, 0.25) is 5.79 Å². The highest BCUT2D eigenvalue weighted by molar-refractivity contribution is 7.66. The molecule has 50 heteroatoms. The van der Waals surface area contributed by atoms with Gasteiger partial charge in [-0.25, -0.2) is 12.9 Å². The molecule has 3 fully saturated rings. The molecule has 3 saturated heterocycles. The van der Waals surface area contributed by atoms with Crippen LogP contribution >= 0.6 is 70.4 Å². The molecule has 0 bridgehead atoms. The third-order valence-corrected chi connectivity index (χ3v) is 18.9. The summed E-state index contributed by atoms with van der Waals surface area (Å²) >= 11 is 0. The molecule has 0 saturated carbocycles. The fraction of sp³-hybridized carbons (Fsp3) is 1.00. The molecule has 0 radical (unpaired) electrons. The van der Waals surface area contributed by atoms with E-state index in [0.29, 0.717) is 0 Å². The molecule has 0 aromatic rings. The van der Waals surface area contributed by atoms with Crippen molar-refractivity contribution in [1.29, 1.82) is 0 Å². The second-order valence-electron chi connectivity index (χ2n) is 13.9. The largest absolute Gasteiger partial charge is 0.790 e. The molecular formula is C20H37N4O37P9-12. The highest BCUT2D eigenvalue weighted by Gasteiger charge is 2.49. The number of azide groups is 1. The number of hydrogen-bond donors (Lipinski definition) is 5. The Balaban J connectivity index is 0.000000526. The first-order chi connectivity index (χ1) is 31.1. The van der Waals surface area contributed by atoms with E-state index in [0.717, 1.165) is 0 Å². The number of rotatable bonds is 24. The molecule has 9 unspecified atom stereocenters. The average Bonchev–Trinajstić information content (AvgIpc) is 3.66. The van der Waals surface area contributed by atoms with E-state index in [9.17, 15) is 120 Å². The van der Waals surface area contributed by atoms with Crippen molar-refractivity contribution >= 4 is 70.4 Å². The Labute approximate surface area is 391 Å². The van der Waals surface area contributed by atoms with Crippen LogP contribution < -0.4 is 64.5 Å². The Morgan fingerprint density at radius 2 is 0.829 bits per heavy atom. The number of nitrogens with zero attached hydrogens (tertiary/aromatic N) is 3. The SMILES string of the molecule is C[C@H]1CC(O)[C@@](CN)(COP(=O)([O-])OP(=O)([O-])OP(=O)([O-])[O-])O1.C[C@H]1CC(O)[C@@](CN=[N+]=[N-])(COP(=O)([O-])OP(=O)([O-])OP(=O)([O-])[O-])O1.C[C@H]1CC(O)[C@@](O)(COP(=O)([O-])OP(=O)([O-])OP(=O)([O-])[O-])O1. The first-order valence-corrected chi connectivity index (χ1v) is 30.8. The highest BCUT2D eigenvalue weighted by atomic mass is 31.3. The van der Waals surface area contributed by atoms with Gasteiger partial charge in [-0.3, -0.25) is 40.3 Å². The van der Waals surface area contributed by atoms with Gasteiger partial charge in [-0.15, -0.1) is 0 Å². The average molecular weight is 1200 g/mol. The summed E-state index contributed by atoms with van der Waals surface area (Å²) in [7, 11) is -53.6. The standard InChI is InChI=1S/C7H16N3O12P3.C7H18NO12P3.C6H15O13P3/c1-5-2-6(11)7(20-5,3-9-10-8)4-19-24(15,16)22-25(17,18)21-23(12,13)14;1-5-2-6(9)7(3-8,18-5)4-17-22(13,14)20-23(15,16)19-21(10,11)12;1-4-2-5(7)6(8,17-4)3-16-21(12,13)19-22(14,15)18-20(9,10)11/h5-6,11H,2-4H2,1H3,(H,15,16)(H,17,18)(H2,12,13,14);5-6,9H,2-4,8H2,1H3,(H,13,14)(H,15,16)(H2,10,11,12);4-5,7-8H,2-3H2,1H3,(H,12,13)(H,14,15)(H2,9,10,11)/p-12/t2*5-,6?,7+;4-,5?,6+/m000/s1. The molecule has 3 aliphatic rings. The van der Waals surface area contributed by atoms with E-state index >= 15 is 0 Å². The van der Waals surface area contributed by atoms with Crippen LogP contribution in [0.4, 0.5) is 0 Å². The molecule has 416 valence electrons. The molecule has 0 aromatic heterocycles. The van der Waals surface area contributed by atoms with Crippen molar-refractivity contribution in [2.24, 2.45) is 10.8 Å². The molecule has 3 heterocycles. The fourth-order valence-electron chi connectivity index (χ4n) is 5.46. The second-order valence-corrected chi connectivity index (χ2v) is 26.7. The fourth-order valence-corrected chi connectivity index (χ4v) is 14.2. The van der Waals surface area contributed by atoms with E-state index in [1.54, 1.807) is 6.92 Å². The van der Waals surface area contributed by atoms with Gasteiger partial charge >= 0.3 is 0 Å². The normalized spacial score (nSPS) is 33.5. The molecular weight excluding hydrogens is 1170 g/mol. The van der Waals surface area contributed by atoms with Gasteiger partial charge in [0.1, 0.15) is 23.9 Å². The van der Waals surface area contributed by atoms with Gasteiger partial charge in [-0.2, -0.15) is 0 Å². The van der Waals surface area contributed by atoms with E-state index in [1.807, 2.05) is 0 Å². The van der Waals surface area contributed by atoms with Crippen molar-refractivity contribution in [3.8, 4) is 0 Å². The van der Waals surface area contributed by atoms with Crippen LogP contribution in [0.3, 0.4) is 0 Å². The Kier molecular flexibility index (Phi) is 24.9. The number of aliphatic hydroxyl groups is 4. The minimum absolute atomic E-state index is 0.0348. The maximum atomic E-state index is 11.5. The van der Waals surface area contributed by atoms with Crippen LogP contribution in [-0.4, -0.2) is 107 Å². The number of nitrogens with two attached hydrogens (primary N) is 1. The Bertz CT molecular complexity index is 2270. The minimum atomic E-state index is -6.10. The number of phosphoric ester groups is 3. The lowest BCUT2D eigenvalue weighted by molar-refractivity contribution is -0.342. The molecule has 0 aliphatic carbocycles. The maximum absolute atomic E-state index is 11.5.